The van der Waals surface area contributed by atoms with Gasteiger partial charge < -0.3 is 20.1 Å². The molecule has 1 unspecified atom stereocenters. The summed E-state index contributed by atoms with van der Waals surface area (Å²) in [5, 5.41) is 0. The van der Waals surface area contributed by atoms with Crippen LogP contribution in [0.4, 0.5) is 0 Å². The molecule has 26 heavy (non-hydrogen) atoms. The number of nitrogens with zero attached hydrogens (tertiary/aromatic N) is 1. The number of benzene rings is 2. The molecule has 2 aromatic carbocycles. The Morgan fingerprint density at radius 3 is 2.38 bits per heavy atom. The lowest BCUT2D eigenvalue weighted by molar-refractivity contribution is -0.137. The molecule has 0 aliphatic carbocycles. The summed E-state index contributed by atoms with van der Waals surface area (Å²) in [7, 11) is 1.62. The van der Waals surface area contributed by atoms with E-state index < -0.39 is 6.10 Å². The molecule has 1 aliphatic heterocycles. The number of carbonyl (C=O) groups is 1. The zero-order chi connectivity index (χ0) is 18.5. The molecular weight excluding hydrogens is 328 g/mol. The standard InChI is InChI=1S/C21H26N2O3/c1-15(26-19-10-8-18(25-2)9-11-19)21(24)23-13-17(12-22)20(14-23)16-6-4-3-5-7-16/h3-11,15,17,20H,12-14,22H2,1-2H3/t15?,17-,20+/m1/s1. The highest BCUT2D eigenvalue weighted by atomic mass is 16.5. The number of methoxy groups -OCH3 is 1. The van der Waals surface area contributed by atoms with Crippen molar-refractivity contribution in [3.05, 3.63) is 60.2 Å². The van der Waals surface area contributed by atoms with Crippen LogP contribution in [0.25, 0.3) is 0 Å². The van der Waals surface area contributed by atoms with Gasteiger partial charge in [-0.2, -0.15) is 0 Å². The van der Waals surface area contributed by atoms with Gasteiger partial charge >= 0.3 is 0 Å². The van der Waals surface area contributed by atoms with Crippen LogP contribution in [0.15, 0.2) is 54.6 Å². The lowest BCUT2D eigenvalue weighted by atomic mass is 9.89. The van der Waals surface area contributed by atoms with Crippen molar-refractivity contribution in [2.24, 2.45) is 11.7 Å². The van der Waals surface area contributed by atoms with E-state index in [1.807, 2.05) is 47.4 Å². The summed E-state index contributed by atoms with van der Waals surface area (Å²) >= 11 is 0. The number of rotatable bonds is 6. The highest BCUT2D eigenvalue weighted by Crippen LogP contribution is 2.32. The van der Waals surface area contributed by atoms with Gasteiger partial charge in [-0.05, 0) is 49.2 Å². The minimum absolute atomic E-state index is 0.00213. The molecule has 1 heterocycles. The van der Waals surface area contributed by atoms with E-state index in [1.165, 1.54) is 5.56 Å². The van der Waals surface area contributed by atoms with Gasteiger partial charge in [-0.15, -0.1) is 0 Å². The van der Waals surface area contributed by atoms with E-state index in [0.29, 0.717) is 25.4 Å². The topological polar surface area (TPSA) is 64.8 Å². The number of hydrogen-bond donors (Lipinski definition) is 1. The van der Waals surface area contributed by atoms with Gasteiger partial charge in [-0.1, -0.05) is 30.3 Å². The number of hydrogen-bond acceptors (Lipinski definition) is 4. The smallest absolute Gasteiger partial charge is 0.263 e. The van der Waals surface area contributed by atoms with Crippen LogP contribution in [0.1, 0.15) is 18.4 Å². The molecule has 5 nitrogen and oxygen atoms in total. The Morgan fingerprint density at radius 1 is 1.12 bits per heavy atom. The molecule has 3 atom stereocenters. The van der Waals surface area contributed by atoms with Crippen molar-refractivity contribution in [2.45, 2.75) is 18.9 Å². The fraction of sp³-hybridized carbons (Fsp3) is 0.381. The van der Waals surface area contributed by atoms with Crippen LogP contribution in [-0.2, 0) is 4.79 Å². The van der Waals surface area contributed by atoms with Gasteiger partial charge in [0.1, 0.15) is 11.5 Å². The Morgan fingerprint density at radius 2 is 1.77 bits per heavy atom. The maximum absolute atomic E-state index is 12.8. The van der Waals surface area contributed by atoms with Gasteiger partial charge in [-0.3, -0.25) is 4.79 Å². The van der Waals surface area contributed by atoms with E-state index in [2.05, 4.69) is 12.1 Å². The zero-order valence-electron chi connectivity index (χ0n) is 15.3. The Kier molecular flexibility index (Phi) is 5.78. The third-order valence-corrected chi connectivity index (χ3v) is 5.00. The number of carbonyl (C=O) groups excluding carboxylic acids is 1. The second-order valence-electron chi connectivity index (χ2n) is 6.69. The number of nitrogens with two attached hydrogens (primary N) is 1. The molecule has 3 rings (SSSR count). The molecule has 0 aromatic heterocycles. The van der Waals surface area contributed by atoms with E-state index in [4.69, 9.17) is 15.2 Å². The molecule has 1 amide bonds. The molecule has 1 aliphatic rings. The Labute approximate surface area is 154 Å². The summed E-state index contributed by atoms with van der Waals surface area (Å²) < 4.78 is 11.0. The van der Waals surface area contributed by atoms with Crippen molar-refractivity contribution in [2.75, 3.05) is 26.7 Å². The van der Waals surface area contributed by atoms with Crippen LogP contribution in [0, 0.1) is 5.92 Å². The summed E-state index contributed by atoms with van der Waals surface area (Å²) in [4.78, 5) is 14.7. The molecule has 0 spiro atoms. The first-order chi connectivity index (χ1) is 12.6. The van der Waals surface area contributed by atoms with Gasteiger partial charge in [-0.25, -0.2) is 0 Å². The molecule has 2 aromatic rings. The molecular formula is C21H26N2O3. The lowest BCUT2D eigenvalue weighted by Gasteiger charge is -2.22. The summed E-state index contributed by atoms with van der Waals surface area (Å²) in [5.74, 6) is 1.96. The SMILES string of the molecule is COc1ccc(OC(C)C(=O)N2C[C@@H](CN)[C@H](c3ccccc3)C2)cc1. The fourth-order valence-electron chi connectivity index (χ4n) is 3.53. The summed E-state index contributed by atoms with van der Waals surface area (Å²) in [6.45, 7) is 3.71. The van der Waals surface area contributed by atoms with Gasteiger partial charge in [0.25, 0.3) is 5.91 Å². The third-order valence-electron chi connectivity index (χ3n) is 5.00. The van der Waals surface area contributed by atoms with Crippen LogP contribution >= 0.6 is 0 Å². The number of ether oxygens (including phenoxy) is 2. The maximum Gasteiger partial charge on any atom is 0.263 e. The van der Waals surface area contributed by atoms with Crippen LogP contribution in [0.3, 0.4) is 0 Å². The summed E-state index contributed by atoms with van der Waals surface area (Å²) in [6, 6.07) is 17.5. The van der Waals surface area contributed by atoms with E-state index >= 15 is 0 Å². The first kappa shape index (κ1) is 18.3. The van der Waals surface area contributed by atoms with Crippen LogP contribution in [0.5, 0.6) is 11.5 Å². The first-order valence-electron chi connectivity index (χ1n) is 8.97. The van der Waals surface area contributed by atoms with Crippen molar-refractivity contribution in [1.82, 2.24) is 4.90 Å². The van der Waals surface area contributed by atoms with Crippen molar-refractivity contribution in [3.8, 4) is 11.5 Å². The molecule has 138 valence electrons. The quantitative estimate of drug-likeness (QED) is 0.866. The summed E-state index contributed by atoms with van der Waals surface area (Å²) in [5.41, 5.74) is 7.21. The van der Waals surface area contributed by atoms with Crippen molar-refractivity contribution in [1.29, 1.82) is 0 Å². The average Bonchev–Trinajstić information content (AvgIpc) is 3.13. The fourth-order valence-corrected chi connectivity index (χ4v) is 3.53. The van der Waals surface area contributed by atoms with Crippen molar-refractivity contribution < 1.29 is 14.3 Å². The first-order valence-corrected chi connectivity index (χ1v) is 8.97. The molecule has 1 fully saturated rings. The monoisotopic (exact) mass is 354 g/mol. The van der Waals surface area contributed by atoms with Crippen LogP contribution in [0.2, 0.25) is 0 Å². The minimum Gasteiger partial charge on any atom is -0.497 e. The van der Waals surface area contributed by atoms with E-state index in [-0.39, 0.29) is 17.7 Å². The van der Waals surface area contributed by atoms with Crippen molar-refractivity contribution in [3.63, 3.8) is 0 Å². The van der Waals surface area contributed by atoms with Gasteiger partial charge in [0.15, 0.2) is 6.10 Å². The molecule has 0 radical (unpaired) electrons. The Hall–Kier alpha value is -2.53. The Bertz CT molecular complexity index is 718. The average molecular weight is 354 g/mol. The molecule has 2 N–H and O–H groups in total. The molecule has 0 bridgehead atoms. The van der Waals surface area contributed by atoms with E-state index in [0.717, 1.165) is 5.75 Å². The second kappa shape index (κ2) is 8.23. The molecule has 5 heteroatoms. The lowest BCUT2D eigenvalue weighted by Crippen LogP contribution is -2.39. The van der Waals surface area contributed by atoms with Gasteiger partial charge in [0, 0.05) is 19.0 Å². The van der Waals surface area contributed by atoms with E-state index in [9.17, 15) is 4.79 Å². The predicted molar refractivity (Wildman–Crippen MR) is 101 cm³/mol. The Balaban J connectivity index is 1.65. The van der Waals surface area contributed by atoms with Crippen LogP contribution in [-0.4, -0.2) is 43.7 Å². The second-order valence-corrected chi connectivity index (χ2v) is 6.69. The predicted octanol–water partition coefficient (Wildman–Crippen LogP) is 2.66. The minimum atomic E-state index is -0.545. The van der Waals surface area contributed by atoms with Crippen LogP contribution < -0.4 is 15.2 Å². The normalized spacial score (nSPS) is 20.7. The van der Waals surface area contributed by atoms with Gasteiger partial charge in [0.2, 0.25) is 0 Å². The summed E-state index contributed by atoms with van der Waals surface area (Å²) in [6.07, 6.45) is -0.545. The largest absolute Gasteiger partial charge is 0.497 e. The van der Waals surface area contributed by atoms with E-state index in [1.54, 1.807) is 14.0 Å². The molecule has 0 saturated carbocycles. The highest BCUT2D eigenvalue weighted by molar-refractivity contribution is 5.81. The number of amides is 1. The molecule has 1 saturated heterocycles. The zero-order valence-corrected chi connectivity index (χ0v) is 15.3. The third kappa shape index (κ3) is 3.99. The van der Waals surface area contributed by atoms with Crippen molar-refractivity contribution >= 4 is 5.91 Å². The maximum atomic E-state index is 12.8. The van der Waals surface area contributed by atoms with Gasteiger partial charge in [0.05, 0.1) is 7.11 Å². The number of likely N-dealkylation sites (tertiary alicyclic amines) is 1. The highest BCUT2D eigenvalue weighted by Gasteiger charge is 2.37.